The molecule has 0 spiro atoms. The average molecular weight is 429 g/mol. The molecule has 1 fully saturated rings. The Balaban J connectivity index is 1.64. The Morgan fingerprint density at radius 3 is 2.81 bits per heavy atom. The van der Waals surface area contributed by atoms with Gasteiger partial charge in [-0.3, -0.25) is 4.79 Å². The maximum atomic E-state index is 12.5. The summed E-state index contributed by atoms with van der Waals surface area (Å²) in [6.07, 6.45) is 1.35. The van der Waals surface area contributed by atoms with E-state index in [-0.39, 0.29) is 16.2 Å². The van der Waals surface area contributed by atoms with E-state index in [0.717, 1.165) is 22.6 Å². The van der Waals surface area contributed by atoms with Crippen LogP contribution in [0.15, 0.2) is 40.6 Å². The molecule has 1 N–H and O–H groups in total. The highest BCUT2D eigenvalue weighted by Crippen LogP contribution is 2.26. The van der Waals surface area contributed by atoms with Crippen LogP contribution in [0, 0.1) is 0 Å². The number of nitrogens with one attached hydrogen (secondary N) is 1. The van der Waals surface area contributed by atoms with Gasteiger partial charge < -0.3 is 9.64 Å². The summed E-state index contributed by atoms with van der Waals surface area (Å²) in [5.41, 5.74) is 0.981. The molecule has 2 heterocycles. The van der Waals surface area contributed by atoms with Gasteiger partial charge >= 0.3 is 0 Å². The Labute approximate surface area is 168 Å². The number of ether oxygens (including phenoxy) is 1. The van der Waals surface area contributed by atoms with Gasteiger partial charge in [0.05, 0.1) is 11.4 Å². The molecular weight excluding hydrogens is 408 g/mol. The average Bonchev–Trinajstić information content (AvgIpc) is 3.02. The van der Waals surface area contributed by atoms with E-state index in [1.54, 1.807) is 18.1 Å². The number of methoxy groups -OCH3 is 1. The summed E-state index contributed by atoms with van der Waals surface area (Å²) in [6, 6.07) is 10.4. The fourth-order valence-electron chi connectivity index (χ4n) is 3.03. The fourth-order valence-corrected chi connectivity index (χ4v) is 5.84. The van der Waals surface area contributed by atoms with E-state index >= 15 is 0 Å². The standard InChI is InChI=1S/C18H21ClN2O4S2/c1-25-15-4-2-3-13(11-15)12-21-10-9-14(5-7-17(21)22)20-27(23,24)18-8-6-16(19)26-18/h2-4,6,8,11,14,20H,5,7,9-10,12H2,1H3. The molecule has 2 aromatic rings. The van der Waals surface area contributed by atoms with Crippen LogP contribution >= 0.6 is 22.9 Å². The van der Waals surface area contributed by atoms with Crippen LogP contribution in [0.2, 0.25) is 4.34 Å². The van der Waals surface area contributed by atoms with Crippen LogP contribution in [0.4, 0.5) is 0 Å². The number of amides is 1. The highest BCUT2D eigenvalue weighted by atomic mass is 35.5. The van der Waals surface area contributed by atoms with Crippen LogP contribution in [0.3, 0.4) is 0 Å². The van der Waals surface area contributed by atoms with Gasteiger partial charge in [0.2, 0.25) is 15.9 Å². The smallest absolute Gasteiger partial charge is 0.250 e. The topological polar surface area (TPSA) is 75.7 Å². The van der Waals surface area contributed by atoms with Gasteiger partial charge in [-0.25, -0.2) is 13.1 Å². The SMILES string of the molecule is COc1cccc(CN2CCC(NS(=O)(=O)c3ccc(Cl)s3)CCC2=O)c1. The molecule has 3 rings (SSSR count). The number of thiophene rings is 1. The first-order valence-corrected chi connectivity index (χ1v) is 11.2. The third-order valence-corrected chi connectivity index (χ3v) is 7.69. The van der Waals surface area contributed by atoms with E-state index in [0.29, 0.717) is 36.7 Å². The Morgan fingerprint density at radius 1 is 1.30 bits per heavy atom. The number of carbonyl (C=O) groups excluding carboxylic acids is 1. The van der Waals surface area contributed by atoms with Crippen molar-refractivity contribution in [2.75, 3.05) is 13.7 Å². The van der Waals surface area contributed by atoms with Gasteiger partial charge in [0.1, 0.15) is 9.96 Å². The van der Waals surface area contributed by atoms with Crippen molar-refractivity contribution in [3.05, 3.63) is 46.3 Å². The number of hydrogen-bond donors (Lipinski definition) is 1. The Kier molecular flexibility index (Phi) is 6.41. The number of benzene rings is 1. The van der Waals surface area contributed by atoms with Gasteiger partial charge in [-0.1, -0.05) is 23.7 Å². The quantitative estimate of drug-likeness (QED) is 0.766. The lowest BCUT2D eigenvalue weighted by Crippen LogP contribution is -2.35. The summed E-state index contributed by atoms with van der Waals surface area (Å²) in [5, 5.41) is 0. The van der Waals surface area contributed by atoms with Gasteiger partial charge in [0, 0.05) is 25.6 Å². The van der Waals surface area contributed by atoms with Crippen molar-refractivity contribution in [1.82, 2.24) is 9.62 Å². The maximum absolute atomic E-state index is 12.5. The van der Waals surface area contributed by atoms with Gasteiger partial charge in [0.15, 0.2) is 0 Å². The summed E-state index contributed by atoms with van der Waals surface area (Å²) in [4.78, 5) is 14.2. The Hall–Kier alpha value is -1.61. The molecule has 0 aliphatic carbocycles. The normalized spacial score (nSPS) is 18.4. The second-order valence-corrected chi connectivity index (χ2v) is 10.0. The van der Waals surface area contributed by atoms with Crippen LogP contribution in [0.1, 0.15) is 24.8 Å². The van der Waals surface area contributed by atoms with E-state index in [2.05, 4.69) is 4.72 Å². The summed E-state index contributed by atoms with van der Waals surface area (Å²) in [7, 11) is -2.02. The first-order valence-electron chi connectivity index (χ1n) is 8.56. The van der Waals surface area contributed by atoms with E-state index in [9.17, 15) is 13.2 Å². The Morgan fingerprint density at radius 2 is 2.11 bits per heavy atom. The minimum atomic E-state index is -3.62. The van der Waals surface area contributed by atoms with Crippen LogP contribution in [0.5, 0.6) is 5.75 Å². The lowest BCUT2D eigenvalue weighted by Gasteiger charge is -2.21. The van der Waals surface area contributed by atoms with Crippen molar-refractivity contribution in [2.24, 2.45) is 0 Å². The lowest BCUT2D eigenvalue weighted by molar-refractivity contribution is -0.131. The molecule has 1 aromatic carbocycles. The first-order chi connectivity index (χ1) is 12.9. The van der Waals surface area contributed by atoms with Gasteiger partial charge in [-0.15, -0.1) is 11.3 Å². The van der Waals surface area contributed by atoms with Crippen molar-refractivity contribution in [2.45, 2.75) is 36.1 Å². The number of rotatable bonds is 6. The van der Waals surface area contributed by atoms with E-state index < -0.39 is 10.0 Å². The Bertz CT molecular complexity index is 914. The predicted molar refractivity (Wildman–Crippen MR) is 106 cm³/mol. The molecular formula is C18H21ClN2O4S2. The minimum absolute atomic E-state index is 0.0266. The number of likely N-dealkylation sites (tertiary alicyclic amines) is 1. The van der Waals surface area contributed by atoms with Crippen molar-refractivity contribution < 1.29 is 17.9 Å². The fraction of sp³-hybridized carbons (Fsp3) is 0.389. The van der Waals surface area contributed by atoms with E-state index in [1.807, 2.05) is 24.3 Å². The highest BCUT2D eigenvalue weighted by Gasteiger charge is 2.27. The molecule has 1 aliphatic heterocycles. The molecule has 1 saturated heterocycles. The summed E-state index contributed by atoms with van der Waals surface area (Å²) in [5.74, 6) is 0.772. The molecule has 1 aliphatic rings. The van der Waals surface area contributed by atoms with Gasteiger partial charge in [0.25, 0.3) is 0 Å². The molecule has 1 unspecified atom stereocenters. The van der Waals surface area contributed by atoms with Crippen molar-refractivity contribution in [3.63, 3.8) is 0 Å². The number of sulfonamides is 1. The molecule has 9 heteroatoms. The summed E-state index contributed by atoms with van der Waals surface area (Å²) < 4.78 is 33.5. The van der Waals surface area contributed by atoms with Gasteiger partial charge in [-0.05, 0) is 42.7 Å². The predicted octanol–water partition coefficient (Wildman–Crippen LogP) is 3.27. The third kappa shape index (κ3) is 5.22. The monoisotopic (exact) mass is 428 g/mol. The van der Waals surface area contributed by atoms with Crippen LogP contribution in [0.25, 0.3) is 0 Å². The molecule has 0 bridgehead atoms. The molecule has 1 amide bonds. The zero-order valence-electron chi connectivity index (χ0n) is 14.9. The lowest BCUT2D eigenvalue weighted by atomic mass is 10.1. The van der Waals surface area contributed by atoms with Crippen LogP contribution < -0.4 is 9.46 Å². The van der Waals surface area contributed by atoms with E-state index in [1.165, 1.54) is 6.07 Å². The largest absolute Gasteiger partial charge is 0.497 e. The van der Waals surface area contributed by atoms with E-state index in [4.69, 9.17) is 16.3 Å². The molecule has 0 saturated carbocycles. The molecule has 146 valence electrons. The number of carbonyl (C=O) groups is 1. The third-order valence-electron chi connectivity index (χ3n) is 4.45. The van der Waals surface area contributed by atoms with Crippen molar-refractivity contribution in [1.29, 1.82) is 0 Å². The van der Waals surface area contributed by atoms with Crippen molar-refractivity contribution >= 4 is 38.9 Å². The molecule has 1 atom stereocenters. The summed E-state index contributed by atoms with van der Waals surface area (Å²) >= 11 is 6.86. The summed E-state index contributed by atoms with van der Waals surface area (Å²) in [6.45, 7) is 0.977. The first kappa shape index (κ1) is 20.1. The zero-order chi connectivity index (χ0) is 19.4. The maximum Gasteiger partial charge on any atom is 0.250 e. The second-order valence-electron chi connectivity index (χ2n) is 6.37. The second kappa shape index (κ2) is 8.60. The van der Waals surface area contributed by atoms with Crippen LogP contribution in [-0.2, 0) is 21.4 Å². The molecule has 27 heavy (non-hydrogen) atoms. The number of nitrogens with zero attached hydrogens (tertiary/aromatic N) is 1. The van der Waals surface area contributed by atoms with Crippen LogP contribution in [-0.4, -0.2) is 38.9 Å². The van der Waals surface area contributed by atoms with Crippen molar-refractivity contribution in [3.8, 4) is 5.75 Å². The number of hydrogen-bond acceptors (Lipinski definition) is 5. The highest BCUT2D eigenvalue weighted by molar-refractivity contribution is 7.91. The number of halogens is 1. The molecule has 6 nitrogen and oxygen atoms in total. The van der Waals surface area contributed by atoms with Gasteiger partial charge in [-0.2, -0.15) is 0 Å². The molecule has 0 radical (unpaired) electrons. The molecule has 1 aromatic heterocycles. The minimum Gasteiger partial charge on any atom is -0.497 e. The zero-order valence-corrected chi connectivity index (χ0v) is 17.2.